The van der Waals surface area contributed by atoms with Gasteiger partial charge in [-0.15, -0.1) is 0 Å². The van der Waals surface area contributed by atoms with Crippen molar-refractivity contribution in [2.75, 3.05) is 5.32 Å². The predicted molar refractivity (Wildman–Crippen MR) is 90.8 cm³/mol. The van der Waals surface area contributed by atoms with Crippen molar-refractivity contribution in [3.8, 4) is 11.5 Å². The molecule has 0 spiro atoms. The number of pyridine rings is 1. The van der Waals surface area contributed by atoms with Crippen LogP contribution in [0.15, 0.2) is 42.6 Å². The van der Waals surface area contributed by atoms with E-state index in [1.165, 1.54) is 18.3 Å². The summed E-state index contributed by atoms with van der Waals surface area (Å²) in [5.74, 6) is -0.0710. The van der Waals surface area contributed by atoms with Crippen LogP contribution in [0.4, 0.5) is 10.2 Å². The molecule has 3 heterocycles. The average Bonchev–Trinajstić information content (AvgIpc) is 3.23. The Morgan fingerprint density at radius 2 is 2.12 bits per heavy atom. The zero-order valence-electron chi connectivity index (χ0n) is 12.5. The summed E-state index contributed by atoms with van der Waals surface area (Å²) in [6.07, 6.45) is 1.37. The van der Waals surface area contributed by atoms with Crippen LogP contribution >= 0.6 is 11.6 Å². The summed E-state index contributed by atoms with van der Waals surface area (Å²) >= 11 is 5.70. The largest absolute Gasteiger partial charge is 0.337 e. The van der Waals surface area contributed by atoms with Crippen LogP contribution in [0.3, 0.4) is 0 Å². The van der Waals surface area contributed by atoms with Crippen LogP contribution in [0, 0.1) is 5.82 Å². The zero-order valence-corrected chi connectivity index (χ0v) is 13.3. The lowest BCUT2D eigenvalue weighted by molar-refractivity contribution is 0.102. The van der Waals surface area contributed by atoms with Crippen molar-refractivity contribution >= 4 is 34.4 Å². The van der Waals surface area contributed by atoms with Crippen LogP contribution in [-0.4, -0.2) is 31.1 Å². The molecular weight excluding hydrogens is 347 g/mol. The van der Waals surface area contributed by atoms with E-state index in [2.05, 4.69) is 30.5 Å². The standard InChI is InChI=1S/C16H10ClFN6O/c17-12-5-4-8(7-19-12)16(25)21-13-6-11(23-24-13)15-20-10-3-1-2-9(18)14(10)22-15/h1-7H,(H,20,22)(H2,21,23,24,25). The highest BCUT2D eigenvalue weighted by Gasteiger charge is 2.13. The Hall–Kier alpha value is -3.26. The first-order valence-electron chi connectivity index (χ1n) is 7.23. The molecule has 1 amide bonds. The van der Waals surface area contributed by atoms with E-state index in [4.69, 9.17) is 11.6 Å². The molecule has 0 aliphatic heterocycles. The molecule has 0 radical (unpaired) electrons. The molecule has 25 heavy (non-hydrogen) atoms. The van der Waals surface area contributed by atoms with Gasteiger partial charge >= 0.3 is 0 Å². The fourth-order valence-corrected chi connectivity index (χ4v) is 2.44. The molecule has 3 aromatic heterocycles. The number of fused-ring (bicyclic) bond motifs is 1. The highest BCUT2D eigenvalue weighted by Crippen LogP contribution is 2.22. The number of carbonyl (C=O) groups is 1. The van der Waals surface area contributed by atoms with Gasteiger partial charge in [0.25, 0.3) is 5.91 Å². The Morgan fingerprint density at radius 3 is 2.88 bits per heavy atom. The first-order valence-corrected chi connectivity index (χ1v) is 7.61. The number of imidazole rings is 1. The van der Waals surface area contributed by atoms with Gasteiger partial charge in [0.05, 0.1) is 11.1 Å². The topological polar surface area (TPSA) is 99.3 Å². The molecule has 0 atom stereocenters. The molecule has 7 nitrogen and oxygen atoms in total. The lowest BCUT2D eigenvalue weighted by atomic mass is 10.2. The van der Waals surface area contributed by atoms with E-state index in [9.17, 15) is 9.18 Å². The number of aromatic nitrogens is 5. The van der Waals surface area contributed by atoms with Gasteiger partial charge in [0.2, 0.25) is 0 Å². The lowest BCUT2D eigenvalue weighted by Crippen LogP contribution is -2.12. The first-order chi connectivity index (χ1) is 12.1. The fourth-order valence-electron chi connectivity index (χ4n) is 2.33. The number of rotatable bonds is 3. The minimum Gasteiger partial charge on any atom is -0.337 e. The van der Waals surface area contributed by atoms with E-state index in [0.717, 1.165) is 0 Å². The molecule has 0 fully saturated rings. The molecule has 124 valence electrons. The van der Waals surface area contributed by atoms with Crippen molar-refractivity contribution in [2.24, 2.45) is 0 Å². The number of carbonyl (C=O) groups excluding carboxylic acids is 1. The fraction of sp³-hybridized carbons (Fsp3) is 0. The van der Waals surface area contributed by atoms with Crippen LogP contribution in [-0.2, 0) is 0 Å². The molecule has 1 aromatic carbocycles. The van der Waals surface area contributed by atoms with Gasteiger partial charge in [-0.2, -0.15) is 5.10 Å². The Labute approximate surface area is 145 Å². The van der Waals surface area contributed by atoms with Gasteiger partial charge in [-0.25, -0.2) is 14.4 Å². The number of hydrogen-bond acceptors (Lipinski definition) is 4. The summed E-state index contributed by atoms with van der Waals surface area (Å²) in [6, 6.07) is 9.33. The number of nitrogens with zero attached hydrogens (tertiary/aromatic N) is 3. The van der Waals surface area contributed by atoms with Crippen molar-refractivity contribution in [2.45, 2.75) is 0 Å². The van der Waals surface area contributed by atoms with Crippen LogP contribution in [0.1, 0.15) is 10.4 Å². The van der Waals surface area contributed by atoms with E-state index < -0.39 is 5.82 Å². The lowest BCUT2D eigenvalue weighted by Gasteiger charge is -2.00. The predicted octanol–water partition coefficient (Wildman–Crippen LogP) is 3.39. The first kappa shape index (κ1) is 15.3. The zero-order chi connectivity index (χ0) is 17.4. The second-order valence-electron chi connectivity index (χ2n) is 5.21. The van der Waals surface area contributed by atoms with Gasteiger partial charge in [-0.3, -0.25) is 9.89 Å². The summed E-state index contributed by atoms with van der Waals surface area (Å²) in [7, 11) is 0. The Balaban J connectivity index is 1.58. The van der Waals surface area contributed by atoms with Gasteiger partial charge in [0.1, 0.15) is 16.4 Å². The van der Waals surface area contributed by atoms with Crippen LogP contribution in [0.25, 0.3) is 22.6 Å². The molecule has 0 aliphatic carbocycles. The van der Waals surface area contributed by atoms with Crippen molar-refractivity contribution < 1.29 is 9.18 Å². The van der Waals surface area contributed by atoms with Crippen LogP contribution in [0.2, 0.25) is 5.15 Å². The monoisotopic (exact) mass is 356 g/mol. The highest BCUT2D eigenvalue weighted by molar-refractivity contribution is 6.29. The normalized spacial score (nSPS) is 11.0. The van der Waals surface area contributed by atoms with Gasteiger partial charge < -0.3 is 10.3 Å². The number of halogens is 2. The number of anilines is 1. The Kier molecular flexibility index (Phi) is 3.66. The minimum absolute atomic E-state index is 0.241. The van der Waals surface area contributed by atoms with Crippen LogP contribution < -0.4 is 5.32 Å². The Morgan fingerprint density at radius 1 is 1.24 bits per heavy atom. The molecule has 4 aromatic rings. The third-order valence-corrected chi connectivity index (χ3v) is 3.75. The van der Waals surface area contributed by atoms with E-state index in [0.29, 0.717) is 33.6 Å². The van der Waals surface area contributed by atoms with Crippen molar-refractivity contribution in [3.05, 3.63) is 59.1 Å². The molecule has 4 rings (SSSR count). The summed E-state index contributed by atoms with van der Waals surface area (Å²) < 4.78 is 13.7. The number of benzene rings is 1. The number of aromatic amines is 2. The summed E-state index contributed by atoms with van der Waals surface area (Å²) in [5, 5.41) is 9.70. The maximum Gasteiger partial charge on any atom is 0.258 e. The smallest absolute Gasteiger partial charge is 0.258 e. The van der Waals surface area contributed by atoms with Gasteiger partial charge in [0.15, 0.2) is 17.5 Å². The summed E-state index contributed by atoms with van der Waals surface area (Å²) in [4.78, 5) is 23.2. The molecule has 9 heteroatoms. The minimum atomic E-state index is -0.414. The SMILES string of the molecule is O=C(Nc1cc(-c2nc3c(F)cccc3[nH]2)[nH]n1)c1ccc(Cl)nc1. The number of hydrogen-bond donors (Lipinski definition) is 3. The van der Waals surface area contributed by atoms with E-state index in [1.54, 1.807) is 24.3 Å². The van der Waals surface area contributed by atoms with Gasteiger partial charge in [0, 0.05) is 12.3 Å². The number of para-hydroxylation sites is 1. The number of nitrogens with one attached hydrogen (secondary N) is 3. The molecule has 0 aliphatic rings. The van der Waals surface area contributed by atoms with Crippen molar-refractivity contribution in [3.63, 3.8) is 0 Å². The van der Waals surface area contributed by atoms with E-state index >= 15 is 0 Å². The van der Waals surface area contributed by atoms with Gasteiger partial charge in [-0.1, -0.05) is 17.7 Å². The van der Waals surface area contributed by atoms with Crippen LogP contribution in [0.5, 0.6) is 0 Å². The quantitative estimate of drug-likeness (QED) is 0.490. The maximum atomic E-state index is 13.7. The average molecular weight is 357 g/mol. The maximum absolute atomic E-state index is 13.7. The van der Waals surface area contributed by atoms with E-state index in [1.807, 2.05) is 0 Å². The second kappa shape index (κ2) is 5.99. The summed E-state index contributed by atoms with van der Waals surface area (Å²) in [6.45, 7) is 0. The third kappa shape index (κ3) is 2.94. The highest BCUT2D eigenvalue weighted by atomic mass is 35.5. The molecule has 0 bridgehead atoms. The summed E-state index contributed by atoms with van der Waals surface area (Å²) in [5.41, 5.74) is 1.67. The second-order valence-corrected chi connectivity index (χ2v) is 5.60. The van der Waals surface area contributed by atoms with Crippen molar-refractivity contribution in [1.29, 1.82) is 0 Å². The third-order valence-electron chi connectivity index (χ3n) is 3.53. The Bertz CT molecular complexity index is 1070. The number of amides is 1. The number of H-pyrrole nitrogens is 2. The molecule has 0 saturated carbocycles. The molecular formula is C16H10ClFN6O. The van der Waals surface area contributed by atoms with E-state index in [-0.39, 0.29) is 11.4 Å². The molecule has 0 saturated heterocycles. The van der Waals surface area contributed by atoms with Gasteiger partial charge in [-0.05, 0) is 24.3 Å². The van der Waals surface area contributed by atoms with Crippen molar-refractivity contribution in [1.82, 2.24) is 25.1 Å². The molecule has 0 unspecified atom stereocenters. The molecule has 3 N–H and O–H groups in total.